The SMILES string of the molecule is CCOC(=O)C(C)(C)N[P@@]1(=O)OC[C@H]2O[C@@H](n3cnc4c(OCC)nc(N)nc43)[C@@H](C)[C@@H]2O1. The van der Waals surface area contributed by atoms with Gasteiger partial charge in [-0.25, -0.2) is 14.6 Å². The van der Waals surface area contributed by atoms with Crippen molar-refractivity contribution in [3.05, 3.63) is 6.33 Å². The Morgan fingerprint density at radius 3 is 2.82 bits per heavy atom. The number of nitrogen functional groups attached to an aromatic ring is 1. The smallest absolute Gasteiger partial charge is 0.406 e. The van der Waals surface area contributed by atoms with Crippen molar-refractivity contribution in [2.75, 3.05) is 25.6 Å². The number of ether oxygens (including phenoxy) is 3. The molecule has 5 atom stereocenters. The average molecular weight is 484 g/mol. The highest BCUT2D eigenvalue weighted by molar-refractivity contribution is 7.51. The summed E-state index contributed by atoms with van der Waals surface area (Å²) in [5, 5.41) is 2.71. The van der Waals surface area contributed by atoms with Crippen LogP contribution in [0.25, 0.3) is 11.2 Å². The number of nitrogens with one attached hydrogen (secondary N) is 1. The summed E-state index contributed by atoms with van der Waals surface area (Å²) in [4.78, 5) is 25.0. The van der Waals surface area contributed by atoms with E-state index in [4.69, 9.17) is 29.0 Å². The van der Waals surface area contributed by atoms with Gasteiger partial charge in [0.15, 0.2) is 11.2 Å². The van der Waals surface area contributed by atoms with E-state index in [-0.39, 0.29) is 31.0 Å². The molecule has 0 unspecified atom stereocenters. The van der Waals surface area contributed by atoms with Crippen molar-refractivity contribution in [2.45, 2.75) is 58.6 Å². The Hall–Kier alpha value is -2.31. The minimum atomic E-state index is -3.82. The highest BCUT2D eigenvalue weighted by atomic mass is 31.2. The third kappa shape index (κ3) is 4.43. The van der Waals surface area contributed by atoms with Crippen molar-refractivity contribution in [3.63, 3.8) is 0 Å². The van der Waals surface area contributed by atoms with Crippen LogP contribution in [0.5, 0.6) is 5.88 Å². The number of nitrogens with zero attached hydrogens (tertiary/aromatic N) is 4. The van der Waals surface area contributed by atoms with Crippen LogP contribution in [0.4, 0.5) is 5.95 Å². The van der Waals surface area contributed by atoms with Gasteiger partial charge in [-0.05, 0) is 27.7 Å². The summed E-state index contributed by atoms with van der Waals surface area (Å²) < 4.78 is 43.2. The molecular weight excluding hydrogens is 455 g/mol. The molecule has 14 heteroatoms. The Bertz CT molecular complexity index is 1090. The lowest BCUT2D eigenvalue weighted by Crippen LogP contribution is -2.49. The molecule has 0 spiro atoms. The third-order valence-corrected chi connectivity index (χ3v) is 7.32. The molecule has 0 aliphatic carbocycles. The number of carbonyl (C=O) groups is 1. The van der Waals surface area contributed by atoms with E-state index in [9.17, 15) is 9.36 Å². The van der Waals surface area contributed by atoms with Crippen LogP contribution in [0, 0.1) is 5.92 Å². The zero-order valence-corrected chi connectivity index (χ0v) is 20.1. The minimum Gasteiger partial charge on any atom is -0.476 e. The van der Waals surface area contributed by atoms with Crippen molar-refractivity contribution in [1.82, 2.24) is 24.6 Å². The van der Waals surface area contributed by atoms with Gasteiger partial charge in [-0.2, -0.15) is 9.97 Å². The van der Waals surface area contributed by atoms with Gasteiger partial charge in [-0.15, -0.1) is 0 Å². The van der Waals surface area contributed by atoms with E-state index >= 15 is 0 Å². The molecule has 0 bridgehead atoms. The summed E-state index contributed by atoms with van der Waals surface area (Å²) in [5.41, 5.74) is 5.50. The first-order chi connectivity index (χ1) is 15.6. The summed E-state index contributed by atoms with van der Waals surface area (Å²) in [6.45, 7) is 9.16. The number of fused-ring (bicyclic) bond motifs is 2. The molecule has 3 N–H and O–H groups in total. The van der Waals surface area contributed by atoms with Crippen molar-refractivity contribution < 1.29 is 32.6 Å². The Morgan fingerprint density at radius 1 is 1.36 bits per heavy atom. The summed E-state index contributed by atoms with van der Waals surface area (Å²) in [6.07, 6.45) is -0.0184. The van der Waals surface area contributed by atoms with Gasteiger partial charge in [0, 0.05) is 5.92 Å². The molecule has 13 nitrogen and oxygen atoms in total. The number of rotatable bonds is 7. The topological polar surface area (TPSA) is 162 Å². The quantitative estimate of drug-likeness (QED) is 0.433. The van der Waals surface area contributed by atoms with Gasteiger partial charge in [0.25, 0.3) is 0 Å². The average Bonchev–Trinajstić information content (AvgIpc) is 3.29. The standard InChI is InChI=1S/C19H29N6O7P/c1-6-28-15-12-14(22-18(20)23-15)25(9-21-12)16-10(3)13-11(31-16)8-30-33(27,32-13)24-19(4,5)17(26)29-7-2/h9-11,13,16H,6-8H2,1-5H3,(H,24,27)(H2,20,22,23)/t10-,11+,13-,16+,33+/m0/s1. The first kappa shape index (κ1) is 23.8. The van der Waals surface area contributed by atoms with Gasteiger partial charge in [0.2, 0.25) is 11.8 Å². The highest BCUT2D eigenvalue weighted by Gasteiger charge is 2.53. The predicted octanol–water partition coefficient (Wildman–Crippen LogP) is 1.80. The number of carbonyl (C=O) groups excluding carboxylic acids is 1. The van der Waals surface area contributed by atoms with Crippen molar-refractivity contribution in [1.29, 1.82) is 0 Å². The number of esters is 1. The van der Waals surface area contributed by atoms with Gasteiger partial charge < -0.3 is 19.9 Å². The molecular formula is C19H29N6O7P. The molecule has 2 aliphatic rings. The van der Waals surface area contributed by atoms with Gasteiger partial charge in [0.1, 0.15) is 24.0 Å². The largest absolute Gasteiger partial charge is 0.476 e. The lowest BCUT2D eigenvalue weighted by molar-refractivity contribution is -0.149. The first-order valence-corrected chi connectivity index (χ1v) is 12.3. The van der Waals surface area contributed by atoms with E-state index in [0.29, 0.717) is 17.8 Å². The van der Waals surface area contributed by atoms with Gasteiger partial charge in [-0.3, -0.25) is 18.4 Å². The molecule has 2 aromatic rings. The molecule has 2 aromatic heterocycles. The first-order valence-electron chi connectivity index (χ1n) is 10.8. The molecule has 2 fully saturated rings. The Kier molecular flexibility index (Phi) is 6.36. The zero-order valence-electron chi connectivity index (χ0n) is 19.2. The summed E-state index contributed by atoms with van der Waals surface area (Å²) in [7, 11) is -3.82. The molecule has 0 aromatic carbocycles. The van der Waals surface area contributed by atoms with Gasteiger partial charge in [0.05, 0.1) is 26.1 Å². The summed E-state index contributed by atoms with van der Waals surface area (Å²) in [6, 6.07) is 0. The van der Waals surface area contributed by atoms with Crippen LogP contribution in [0.3, 0.4) is 0 Å². The molecule has 33 heavy (non-hydrogen) atoms. The van der Waals surface area contributed by atoms with Gasteiger partial charge >= 0.3 is 13.7 Å². The van der Waals surface area contributed by atoms with Crippen molar-refractivity contribution in [3.8, 4) is 5.88 Å². The van der Waals surface area contributed by atoms with Crippen LogP contribution in [0.15, 0.2) is 6.33 Å². The Balaban J connectivity index is 1.57. The van der Waals surface area contributed by atoms with E-state index in [1.165, 1.54) is 0 Å². The zero-order chi connectivity index (χ0) is 24.0. The monoisotopic (exact) mass is 484 g/mol. The molecule has 4 rings (SSSR count). The van der Waals surface area contributed by atoms with Crippen LogP contribution in [0.1, 0.15) is 40.8 Å². The van der Waals surface area contributed by atoms with E-state index in [2.05, 4.69) is 20.0 Å². The maximum absolute atomic E-state index is 13.3. The van der Waals surface area contributed by atoms with Crippen molar-refractivity contribution in [2.24, 2.45) is 5.92 Å². The lowest BCUT2D eigenvalue weighted by Gasteiger charge is -2.36. The fourth-order valence-corrected chi connectivity index (χ4v) is 5.89. The lowest BCUT2D eigenvalue weighted by atomic mass is 10.0. The van der Waals surface area contributed by atoms with Crippen LogP contribution in [-0.2, 0) is 27.9 Å². The molecule has 0 saturated carbocycles. The van der Waals surface area contributed by atoms with Crippen LogP contribution < -0.4 is 15.6 Å². The second-order valence-corrected chi connectivity index (χ2v) is 10.1. The van der Waals surface area contributed by atoms with Crippen LogP contribution in [-0.4, -0.2) is 63.1 Å². The normalized spacial score (nSPS) is 29.7. The Morgan fingerprint density at radius 2 is 2.12 bits per heavy atom. The summed E-state index contributed by atoms with van der Waals surface area (Å²) >= 11 is 0. The van der Waals surface area contributed by atoms with Crippen molar-refractivity contribution >= 4 is 30.8 Å². The second kappa shape index (κ2) is 8.80. The predicted molar refractivity (Wildman–Crippen MR) is 116 cm³/mol. The molecule has 4 heterocycles. The molecule has 0 radical (unpaired) electrons. The number of nitrogens with two attached hydrogens (primary N) is 1. The van der Waals surface area contributed by atoms with E-state index in [1.807, 2.05) is 13.8 Å². The number of aromatic nitrogens is 4. The molecule has 182 valence electrons. The number of anilines is 1. The Labute approximate surface area is 190 Å². The van der Waals surface area contributed by atoms with Crippen LogP contribution >= 0.6 is 7.75 Å². The minimum absolute atomic E-state index is 0.0165. The van der Waals surface area contributed by atoms with E-state index in [0.717, 1.165) is 0 Å². The third-order valence-electron chi connectivity index (χ3n) is 5.48. The van der Waals surface area contributed by atoms with Crippen LogP contribution in [0.2, 0.25) is 0 Å². The molecule has 2 saturated heterocycles. The van der Waals surface area contributed by atoms with Gasteiger partial charge in [-0.1, -0.05) is 6.92 Å². The molecule has 2 aliphatic heterocycles. The maximum atomic E-state index is 13.3. The maximum Gasteiger partial charge on any atom is 0.406 e. The highest BCUT2D eigenvalue weighted by Crippen LogP contribution is 2.55. The van der Waals surface area contributed by atoms with E-state index in [1.54, 1.807) is 31.7 Å². The fraction of sp³-hybridized carbons (Fsp3) is 0.684. The number of hydrogen-bond donors (Lipinski definition) is 2. The summed E-state index contributed by atoms with van der Waals surface area (Å²) in [5.74, 6) is -0.485. The number of imidazole rings is 1. The molecule has 0 amide bonds. The fourth-order valence-electron chi connectivity index (χ4n) is 3.95. The number of hydrogen-bond acceptors (Lipinski definition) is 11. The van der Waals surface area contributed by atoms with E-state index < -0.39 is 37.7 Å². The second-order valence-electron chi connectivity index (χ2n) is 8.39.